The molecular weight excluding hydrogens is 243 g/mol. The molecule has 0 aliphatic rings. The van der Waals surface area contributed by atoms with Gasteiger partial charge in [-0.05, 0) is 12.0 Å². The van der Waals surface area contributed by atoms with E-state index in [1.54, 1.807) is 12.1 Å². The molecule has 1 unspecified atom stereocenters. The molecule has 0 aromatic heterocycles. The first kappa shape index (κ1) is 13.9. The minimum atomic E-state index is -0.478. The van der Waals surface area contributed by atoms with E-state index in [1.807, 2.05) is 13.8 Å². The Morgan fingerprint density at radius 2 is 2.18 bits per heavy atom. The van der Waals surface area contributed by atoms with Crippen LogP contribution >= 0.6 is 11.6 Å². The number of nitrogens with one attached hydrogen (secondary N) is 1. The summed E-state index contributed by atoms with van der Waals surface area (Å²) < 4.78 is 13.6. The second-order valence-electron chi connectivity index (χ2n) is 4.22. The van der Waals surface area contributed by atoms with Crippen molar-refractivity contribution < 1.29 is 9.18 Å². The fourth-order valence-corrected chi connectivity index (χ4v) is 1.76. The maximum atomic E-state index is 13.6. The number of carbonyl (C=O) groups is 1. The second kappa shape index (κ2) is 5.98. The Balaban J connectivity index is 2.72. The third kappa shape index (κ3) is 3.68. The zero-order valence-corrected chi connectivity index (χ0v) is 10.6. The van der Waals surface area contributed by atoms with E-state index in [9.17, 15) is 9.18 Å². The van der Waals surface area contributed by atoms with Crippen molar-refractivity contribution in [3.8, 4) is 0 Å². The van der Waals surface area contributed by atoms with Gasteiger partial charge in [-0.1, -0.05) is 37.6 Å². The normalized spacial score (nSPS) is 12.8. The smallest absolute Gasteiger partial charge is 0.234 e. The summed E-state index contributed by atoms with van der Waals surface area (Å²) >= 11 is 5.66. The van der Waals surface area contributed by atoms with E-state index in [1.165, 1.54) is 6.07 Å². The molecule has 1 rings (SSSR count). The first-order valence-electron chi connectivity index (χ1n) is 5.39. The number of carbonyl (C=O) groups excluding carboxylic acids is 1. The molecule has 0 aliphatic carbocycles. The van der Waals surface area contributed by atoms with Crippen LogP contribution in [0.2, 0.25) is 5.02 Å². The van der Waals surface area contributed by atoms with Crippen molar-refractivity contribution in [1.82, 2.24) is 5.32 Å². The molecule has 3 N–H and O–H groups in total. The molecular formula is C12H16ClFN2O. The highest BCUT2D eigenvalue weighted by Crippen LogP contribution is 2.18. The van der Waals surface area contributed by atoms with E-state index in [-0.39, 0.29) is 17.5 Å². The van der Waals surface area contributed by atoms with Gasteiger partial charge in [0.15, 0.2) is 0 Å². The summed E-state index contributed by atoms with van der Waals surface area (Å²) in [6.07, 6.45) is 0. The topological polar surface area (TPSA) is 55.1 Å². The minimum absolute atomic E-state index is 0.0507. The highest BCUT2D eigenvalue weighted by atomic mass is 35.5. The summed E-state index contributed by atoms with van der Waals surface area (Å²) in [5.41, 5.74) is 5.67. The van der Waals surface area contributed by atoms with Crippen molar-refractivity contribution >= 4 is 17.5 Å². The number of primary amides is 1. The average molecular weight is 259 g/mol. The van der Waals surface area contributed by atoms with Crippen molar-refractivity contribution in [1.29, 1.82) is 0 Å². The van der Waals surface area contributed by atoms with Crippen LogP contribution in [0.25, 0.3) is 0 Å². The summed E-state index contributed by atoms with van der Waals surface area (Å²) in [6, 6.07) is 4.28. The lowest BCUT2D eigenvalue weighted by molar-refractivity contribution is -0.121. The molecule has 0 radical (unpaired) electrons. The number of amides is 1. The van der Waals surface area contributed by atoms with Gasteiger partial charge < -0.3 is 11.1 Å². The molecule has 0 saturated heterocycles. The van der Waals surface area contributed by atoms with E-state index in [0.29, 0.717) is 5.56 Å². The largest absolute Gasteiger partial charge is 0.368 e. The monoisotopic (exact) mass is 258 g/mol. The minimum Gasteiger partial charge on any atom is -0.368 e. The zero-order chi connectivity index (χ0) is 13.0. The summed E-state index contributed by atoms with van der Waals surface area (Å²) in [6.45, 7) is 3.96. The predicted molar refractivity (Wildman–Crippen MR) is 66.1 cm³/mol. The fraction of sp³-hybridized carbons (Fsp3) is 0.417. The molecule has 1 amide bonds. The molecule has 1 atom stereocenters. The zero-order valence-electron chi connectivity index (χ0n) is 9.84. The maximum absolute atomic E-state index is 13.6. The van der Waals surface area contributed by atoms with Gasteiger partial charge in [0.25, 0.3) is 0 Å². The van der Waals surface area contributed by atoms with E-state index >= 15 is 0 Å². The maximum Gasteiger partial charge on any atom is 0.234 e. The molecule has 94 valence electrons. The van der Waals surface area contributed by atoms with Crippen LogP contribution in [-0.2, 0) is 11.3 Å². The SMILES string of the molecule is CC(C)C(NCc1cccc(Cl)c1F)C(N)=O. The number of hydrogen-bond donors (Lipinski definition) is 2. The first-order valence-corrected chi connectivity index (χ1v) is 5.77. The van der Waals surface area contributed by atoms with Crippen LogP contribution in [0.3, 0.4) is 0 Å². The van der Waals surface area contributed by atoms with Gasteiger partial charge >= 0.3 is 0 Å². The van der Waals surface area contributed by atoms with Crippen LogP contribution in [0.5, 0.6) is 0 Å². The fourth-order valence-electron chi connectivity index (χ4n) is 1.57. The number of halogens is 2. The van der Waals surface area contributed by atoms with Crippen LogP contribution in [0.15, 0.2) is 18.2 Å². The highest BCUT2D eigenvalue weighted by Gasteiger charge is 2.19. The third-order valence-corrected chi connectivity index (χ3v) is 2.81. The Labute approximate surface area is 105 Å². The summed E-state index contributed by atoms with van der Waals surface area (Å²) in [5, 5.41) is 3.00. The van der Waals surface area contributed by atoms with Gasteiger partial charge in [-0.15, -0.1) is 0 Å². The first-order chi connectivity index (χ1) is 7.93. The molecule has 0 bridgehead atoms. The predicted octanol–water partition coefficient (Wildman–Crippen LogP) is 2.08. The third-order valence-electron chi connectivity index (χ3n) is 2.52. The number of hydrogen-bond acceptors (Lipinski definition) is 2. The summed E-state index contributed by atoms with van der Waals surface area (Å²) in [7, 11) is 0. The van der Waals surface area contributed by atoms with E-state index in [4.69, 9.17) is 17.3 Å². The Kier molecular flexibility index (Phi) is 4.90. The standard InChI is InChI=1S/C12H16ClFN2O/c1-7(2)11(12(15)17)16-6-8-4-3-5-9(13)10(8)14/h3-5,7,11,16H,6H2,1-2H3,(H2,15,17). The van der Waals surface area contributed by atoms with Gasteiger partial charge in [0.2, 0.25) is 5.91 Å². The molecule has 0 aliphatic heterocycles. The Morgan fingerprint density at radius 1 is 1.53 bits per heavy atom. The van der Waals surface area contributed by atoms with Crippen LogP contribution < -0.4 is 11.1 Å². The average Bonchev–Trinajstić information content (AvgIpc) is 2.23. The highest BCUT2D eigenvalue weighted by molar-refractivity contribution is 6.30. The van der Waals surface area contributed by atoms with E-state index in [2.05, 4.69) is 5.32 Å². The van der Waals surface area contributed by atoms with Crippen molar-refractivity contribution in [3.63, 3.8) is 0 Å². The van der Waals surface area contributed by atoms with E-state index in [0.717, 1.165) is 0 Å². The van der Waals surface area contributed by atoms with Gasteiger partial charge in [-0.3, -0.25) is 4.79 Å². The van der Waals surface area contributed by atoms with Crippen molar-refractivity contribution in [2.45, 2.75) is 26.4 Å². The van der Waals surface area contributed by atoms with Crippen LogP contribution in [-0.4, -0.2) is 11.9 Å². The second-order valence-corrected chi connectivity index (χ2v) is 4.63. The van der Waals surface area contributed by atoms with Gasteiger partial charge in [0, 0.05) is 12.1 Å². The lowest BCUT2D eigenvalue weighted by Crippen LogP contribution is -2.44. The molecule has 0 heterocycles. The Bertz CT molecular complexity index is 409. The molecule has 0 saturated carbocycles. The van der Waals surface area contributed by atoms with Crippen molar-refractivity contribution in [3.05, 3.63) is 34.6 Å². The number of nitrogens with two attached hydrogens (primary N) is 1. The summed E-state index contributed by atoms with van der Waals surface area (Å²) in [5.74, 6) is -0.856. The van der Waals surface area contributed by atoms with Gasteiger partial charge in [-0.25, -0.2) is 4.39 Å². The van der Waals surface area contributed by atoms with Crippen molar-refractivity contribution in [2.24, 2.45) is 11.7 Å². The molecule has 1 aromatic rings. The van der Waals surface area contributed by atoms with Crippen LogP contribution in [0.4, 0.5) is 4.39 Å². The van der Waals surface area contributed by atoms with E-state index < -0.39 is 17.8 Å². The van der Waals surface area contributed by atoms with Gasteiger partial charge in [0.1, 0.15) is 5.82 Å². The number of benzene rings is 1. The Hall–Kier alpha value is -1.13. The quantitative estimate of drug-likeness (QED) is 0.850. The molecule has 5 heteroatoms. The molecule has 1 aromatic carbocycles. The molecule has 17 heavy (non-hydrogen) atoms. The lowest BCUT2D eigenvalue weighted by Gasteiger charge is -2.19. The van der Waals surface area contributed by atoms with Crippen LogP contribution in [0, 0.1) is 11.7 Å². The molecule has 3 nitrogen and oxygen atoms in total. The number of rotatable bonds is 5. The lowest BCUT2D eigenvalue weighted by atomic mass is 10.0. The van der Waals surface area contributed by atoms with Crippen molar-refractivity contribution in [2.75, 3.05) is 0 Å². The summed E-state index contributed by atoms with van der Waals surface area (Å²) in [4.78, 5) is 11.2. The molecule has 0 spiro atoms. The van der Waals surface area contributed by atoms with Gasteiger partial charge in [0.05, 0.1) is 11.1 Å². The van der Waals surface area contributed by atoms with Gasteiger partial charge in [-0.2, -0.15) is 0 Å². The van der Waals surface area contributed by atoms with Crippen LogP contribution in [0.1, 0.15) is 19.4 Å². The Morgan fingerprint density at radius 3 is 2.71 bits per heavy atom. The molecule has 0 fully saturated rings.